The van der Waals surface area contributed by atoms with E-state index in [9.17, 15) is 9.59 Å². The zero-order valence-electron chi connectivity index (χ0n) is 16.3. The number of nitrogens with zero attached hydrogens (tertiary/aromatic N) is 1. The number of benzene rings is 3. The lowest BCUT2D eigenvalue weighted by atomic mass is 10.1. The predicted molar refractivity (Wildman–Crippen MR) is 117 cm³/mol. The number of para-hydroxylation sites is 2. The minimum Gasteiger partial charge on any atom is -0.375 e. The van der Waals surface area contributed by atoms with Crippen LogP contribution in [0.1, 0.15) is 21.5 Å². The summed E-state index contributed by atoms with van der Waals surface area (Å²) in [6.45, 7) is 2.82. The van der Waals surface area contributed by atoms with Gasteiger partial charge in [-0.25, -0.2) is 0 Å². The fourth-order valence-electron chi connectivity index (χ4n) is 3.53. The second-order valence-corrected chi connectivity index (χ2v) is 7.14. The van der Waals surface area contributed by atoms with E-state index in [2.05, 4.69) is 16.7 Å². The van der Waals surface area contributed by atoms with E-state index in [-0.39, 0.29) is 18.4 Å². The molecule has 1 aliphatic rings. The van der Waals surface area contributed by atoms with Crippen LogP contribution in [0, 0.1) is 6.92 Å². The summed E-state index contributed by atoms with van der Waals surface area (Å²) in [4.78, 5) is 27.3. The monoisotopic (exact) mass is 385 g/mol. The quantitative estimate of drug-likeness (QED) is 0.690. The third kappa shape index (κ3) is 4.14. The van der Waals surface area contributed by atoms with Gasteiger partial charge in [-0.05, 0) is 49.2 Å². The highest BCUT2D eigenvalue weighted by Crippen LogP contribution is 2.27. The average molecular weight is 385 g/mol. The molecule has 0 fully saturated rings. The van der Waals surface area contributed by atoms with Crippen LogP contribution in [0.25, 0.3) is 0 Å². The first-order chi connectivity index (χ1) is 14.1. The number of anilines is 3. The summed E-state index contributed by atoms with van der Waals surface area (Å²) >= 11 is 0. The molecule has 29 heavy (non-hydrogen) atoms. The molecule has 3 aromatic rings. The highest BCUT2D eigenvalue weighted by Gasteiger charge is 2.24. The van der Waals surface area contributed by atoms with Gasteiger partial charge in [0.25, 0.3) is 5.91 Å². The SMILES string of the molecule is Cc1ccc(NC(=O)c2ccccc2NCC(=O)N2CCc3ccccc32)cc1. The summed E-state index contributed by atoms with van der Waals surface area (Å²) in [6, 6.07) is 22.8. The number of fused-ring (bicyclic) bond motifs is 1. The Kier molecular flexibility index (Phi) is 5.29. The van der Waals surface area contributed by atoms with E-state index in [1.165, 1.54) is 5.56 Å². The van der Waals surface area contributed by atoms with Gasteiger partial charge in [0.15, 0.2) is 0 Å². The number of aryl methyl sites for hydroxylation is 1. The number of hydrogen-bond acceptors (Lipinski definition) is 3. The van der Waals surface area contributed by atoms with Crippen molar-refractivity contribution in [3.8, 4) is 0 Å². The van der Waals surface area contributed by atoms with Crippen molar-refractivity contribution in [3.63, 3.8) is 0 Å². The third-order valence-electron chi connectivity index (χ3n) is 5.10. The number of rotatable bonds is 5. The Morgan fingerprint density at radius 3 is 2.48 bits per heavy atom. The number of amides is 2. The molecule has 4 rings (SSSR count). The van der Waals surface area contributed by atoms with Crippen LogP contribution in [-0.4, -0.2) is 24.9 Å². The second kappa shape index (κ2) is 8.19. The van der Waals surface area contributed by atoms with Crippen molar-refractivity contribution >= 4 is 28.9 Å². The lowest BCUT2D eigenvalue weighted by Gasteiger charge is -2.19. The van der Waals surface area contributed by atoms with Crippen LogP contribution in [0.5, 0.6) is 0 Å². The molecule has 5 nitrogen and oxygen atoms in total. The van der Waals surface area contributed by atoms with Gasteiger partial charge in [-0.3, -0.25) is 9.59 Å². The summed E-state index contributed by atoms with van der Waals surface area (Å²) in [6.07, 6.45) is 0.872. The van der Waals surface area contributed by atoms with Gasteiger partial charge in [-0.1, -0.05) is 48.0 Å². The summed E-state index contributed by atoms with van der Waals surface area (Å²) in [5, 5.41) is 6.05. The van der Waals surface area contributed by atoms with Crippen molar-refractivity contribution in [3.05, 3.63) is 89.5 Å². The summed E-state index contributed by atoms with van der Waals surface area (Å²) in [5.41, 5.74) is 5.18. The Bertz CT molecular complexity index is 1040. The molecule has 0 aromatic heterocycles. The number of carbonyl (C=O) groups is 2. The van der Waals surface area contributed by atoms with Crippen LogP contribution in [0.4, 0.5) is 17.1 Å². The first kappa shape index (κ1) is 18.7. The fraction of sp³-hybridized carbons (Fsp3) is 0.167. The first-order valence-corrected chi connectivity index (χ1v) is 9.71. The highest BCUT2D eigenvalue weighted by molar-refractivity contribution is 6.08. The fourth-order valence-corrected chi connectivity index (χ4v) is 3.53. The minimum atomic E-state index is -0.212. The van der Waals surface area contributed by atoms with Crippen LogP contribution in [0.15, 0.2) is 72.8 Å². The maximum Gasteiger partial charge on any atom is 0.257 e. The molecule has 1 aliphatic heterocycles. The lowest BCUT2D eigenvalue weighted by Crippen LogP contribution is -2.34. The molecule has 0 atom stereocenters. The van der Waals surface area contributed by atoms with Crippen molar-refractivity contribution in [1.82, 2.24) is 0 Å². The van der Waals surface area contributed by atoms with E-state index in [0.29, 0.717) is 17.8 Å². The van der Waals surface area contributed by atoms with Gasteiger partial charge in [-0.15, -0.1) is 0 Å². The molecule has 0 unspecified atom stereocenters. The largest absolute Gasteiger partial charge is 0.375 e. The van der Waals surface area contributed by atoms with E-state index in [1.54, 1.807) is 11.0 Å². The van der Waals surface area contributed by atoms with Gasteiger partial charge < -0.3 is 15.5 Å². The molecule has 2 amide bonds. The standard InChI is InChI=1S/C24H23N3O2/c1-17-10-12-19(13-11-17)26-24(29)20-7-3-4-8-21(20)25-16-23(28)27-15-14-18-6-2-5-9-22(18)27/h2-13,25H,14-16H2,1H3,(H,26,29). The van der Waals surface area contributed by atoms with Crippen LogP contribution >= 0.6 is 0 Å². The number of carbonyl (C=O) groups excluding carboxylic acids is 2. The third-order valence-corrected chi connectivity index (χ3v) is 5.10. The lowest BCUT2D eigenvalue weighted by molar-refractivity contribution is -0.116. The molecule has 146 valence electrons. The van der Waals surface area contributed by atoms with Crippen molar-refractivity contribution in [2.75, 3.05) is 28.6 Å². The molecule has 0 spiro atoms. The number of hydrogen-bond donors (Lipinski definition) is 2. The van der Waals surface area contributed by atoms with E-state index in [1.807, 2.05) is 67.6 Å². The Labute approximate surface area is 170 Å². The van der Waals surface area contributed by atoms with Gasteiger partial charge in [0.05, 0.1) is 12.1 Å². The second-order valence-electron chi connectivity index (χ2n) is 7.14. The molecule has 0 saturated carbocycles. The van der Waals surface area contributed by atoms with E-state index >= 15 is 0 Å². The van der Waals surface area contributed by atoms with Crippen molar-refractivity contribution in [2.24, 2.45) is 0 Å². The van der Waals surface area contributed by atoms with Gasteiger partial charge in [0, 0.05) is 23.6 Å². The van der Waals surface area contributed by atoms with Gasteiger partial charge in [-0.2, -0.15) is 0 Å². The molecular formula is C24H23N3O2. The molecule has 1 heterocycles. The van der Waals surface area contributed by atoms with E-state index in [4.69, 9.17) is 0 Å². The van der Waals surface area contributed by atoms with E-state index in [0.717, 1.165) is 23.4 Å². The topological polar surface area (TPSA) is 61.4 Å². The van der Waals surface area contributed by atoms with Crippen LogP contribution in [-0.2, 0) is 11.2 Å². The van der Waals surface area contributed by atoms with Crippen molar-refractivity contribution in [2.45, 2.75) is 13.3 Å². The Hall–Kier alpha value is -3.60. The molecule has 0 radical (unpaired) electrons. The molecular weight excluding hydrogens is 362 g/mol. The summed E-state index contributed by atoms with van der Waals surface area (Å²) < 4.78 is 0. The minimum absolute atomic E-state index is 0.0105. The van der Waals surface area contributed by atoms with Crippen LogP contribution < -0.4 is 15.5 Å². The summed E-state index contributed by atoms with van der Waals surface area (Å²) in [5.74, 6) is -0.223. The Balaban J connectivity index is 1.44. The number of nitrogens with one attached hydrogen (secondary N) is 2. The van der Waals surface area contributed by atoms with Gasteiger partial charge >= 0.3 is 0 Å². The smallest absolute Gasteiger partial charge is 0.257 e. The maximum absolute atomic E-state index is 12.7. The average Bonchev–Trinajstić information content (AvgIpc) is 3.18. The summed E-state index contributed by atoms with van der Waals surface area (Å²) in [7, 11) is 0. The Morgan fingerprint density at radius 1 is 0.931 bits per heavy atom. The zero-order valence-corrected chi connectivity index (χ0v) is 16.3. The van der Waals surface area contributed by atoms with Crippen molar-refractivity contribution < 1.29 is 9.59 Å². The zero-order chi connectivity index (χ0) is 20.2. The highest BCUT2D eigenvalue weighted by atomic mass is 16.2. The van der Waals surface area contributed by atoms with Gasteiger partial charge in [0.2, 0.25) is 5.91 Å². The van der Waals surface area contributed by atoms with Crippen LogP contribution in [0.2, 0.25) is 0 Å². The first-order valence-electron chi connectivity index (χ1n) is 9.71. The molecule has 5 heteroatoms. The van der Waals surface area contributed by atoms with Crippen molar-refractivity contribution in [1.29, 1.82) is 0 Å². The normalized spacial score (nSPS) is 12.4. The molecule has 0 saturated heterocycles. The molecule has 3 aromatic carbocycles. The predicted octanol–water partition coefficient (Wildman–Crippen LogP) is 4.25. The van der Waals surface area contributed by atoms with Crippen LogP contribution in [0.3, 0.4) is 0 Å². The molecule has 2 N–H and O–H groups in total. The molecule has 0 aliphatic carbocycles. The maximum atomic E-state index is 12.7. The van der Waals surface area contributed by atoms with E-state index < -0.39 is 0 Å². The molecule has 0 bridgehead atoms. The Morgan fingerprint density at radius 2 is 1.66 bits per heavy atom. The van der Waals surface area contributed by atoms with Gasteiger partial charge in [0.1, 0.15) is 0 Å².